The second-order valence-electron chi connectivity index (χ2n) is 8.03. The SMILES string of the molecule is CC(CC(=O)NC1CCN(Cc2ccc(F)cc2)CC1)C1CCCNC1. The first-order valence-corrected chi connectivity index (χ1v) is 10.1. The second kappa shape index (κ2) is 9.47. The van der Waals surface area contributed by atoms with Crippen LogP contribution < -0.4 is 10.6 Å². The summed E-state index contributed by atoms with van der Waals surface area (Å²) in [7, 11) is 0. The third kappa shape index (κ3) is 5.78. The molecule has 3 rings (SSSR count). The fourth-order valence-corrected chi connectivity index (χ4v) is 4.19. The summed E-state index contributed by atoms with van der Waals surface area (Å²) in [5, 5.41) is 6.69. The second-order valence-corrected chi connectivity index (χ2v) is 8.03. The van der Waals surface area contributed by atoms with E-state index in [1.54, 1.807) is 0 Å². The molecule has 0 saturated carbocycles. The fraction of sp³-hybridized carbons (Fsp3) is 0.667. The minimum absolute atomic E-state index is 0.187. The summed E-state index contributed by atoms with van der Waals surface area (Å²) in [6.45, 7) is 7.19. The van der Waals surface area contributed by atoms with Crippen molar-refractivity contribution in [2.45, 2.75) is 51.6 Å². The highest BCUT2D eigenvalue weighted by Gasteiger charge is 2.24. The topological polar surface area (TPSA) is 44.4 Å². The number of nitrogens with zero attached hydrogens (tertiary/aromatic N) is 1. The van der Waals surface area contributed by atoms with Crippen molar-refractivity contribution in [3.8, 4) is 0 Å². The summed E-state index contributed by atoms with van der Waals surface area (Å²) in [5.41, 5.74) is 1.14. The third-order valence-electron chi connectivity index (χ3n) is 5.92. The van der Waals surface area contributed by atoms with Crippen LogP contribution in [0.4, 0.5) is 4.39 Å². The molecule has 2 saturated heterocycles. The van der Waals surface area contributed by atoms with Gasteiger partial charge in [-0.25, -0.2) is 4.39 Å². The van der Waals surface area contributed by atoms with Gasteiger partial charge >= 0.3 is 0 Å². The van der Waals surface area contributed by atoms with Crippen LogP contribution >= 0.6 is 0 Å². The number of rotatable bonds is 6. The van der Waals surface area contributed by atoms with E-state index in [1.807, 2.05) is 12.1 Å². The average molecular weight is 362 g/mol. The van der Waals surface area contributed by atoms with Gasteiger partial charge in [0.1, 0.15) is 5.82 Å². The fourth-order valence-electron chi connectivity index (χ4n) is 4.19. The molecule has 2 atom stereocenters. The minimum atomic E-state index is -0.187. The monoisotopic (exact) mass is 361 g/mol. The van der Waals surface area contributed by atoms with E-state index in [0.717, 1.165) is 51.1 Å². The summed E-state index contributed by atoms with van der Waals surface area (Å²) in [4.78, 5) is 14.8. The Balaban J connectivity index is 1.36. The van der Waals surface area contributed by atoms with Gasteiger partial charge in [-0.05, 0) is 68.3 Å². The summed E-state index contributed by atoms with van der Waals surface area (Å²) >= 11 is 0. The van der Waals surface area contributed by atoms with Crippen molar-refractivity contribution in [2.75, 3.05) is 26.2 Å². The van der Waals surface area contributed by atoms with Gasteiger partial charge in [-0.2, -0.15) is 0 Å². The van der Waals surface area contributed by atoms with Gasteiger partial charge in [-0.1, -0.05) is 19.1 Å². The molecule has 2 aliphatic heterocycles. The molecule has 2 N–H and O–H groups in total. The van der Waals surface area contributed by atoms with Gasteiger partial charge in [0.15, 0.2) is 0 Å². The van der Waals surface area contributed by atoms with E-state index in [4.69, 9.17) is 0 Å². The predicted octanol–water partition coefficient (Wildman–Crippen LogP) is 2.93. The van der Waals surface area contributed by atoms with Crippen LogP contribution in [-0.4, -0.2) is 43.0 Å². The molecule has 2 aliphatic rings. The zero-order valence-electron chi connectivity index (χ0n) is 15.8. The number of likely N-dealkylation sites (tertiary alicyclic amines) is 1. The zero-order valence-corrected chi connectivity index (χ0v) is 15.8. The molecule has 5 heteroatoms. The molecule has 0 radical (unpaired) electrons. The Labute approximate surface area is 156 Å². The smallest absolute Gasteiger partial charge is 0.220 e. The van der Waals surface area contributed by atoms with Gasteiger partial charge in [0.25, 0.3) is 0 Å². The maximum absolute atomic E-state index is 13.0. The Hall–Kier alpha value is -1.46. The lowest BCUT2D eigenvalue weighted by molar-refractivity contribution is -0.123. The van der Waals surface area contributed by atoms with Crippen LogP contribution in [0.5, 0.6) is 0 Å². The Morgan fingerprint density at radius 3 is 2.65 bits per heavy atom. The van der Waals surface area contributed by atoms with Crippen molar-refractivity contribution in [1.82, 2.24) is 15.5 Å². The number of benzene rings is 1. The van der Waals surface area contributed by atoms with Crippen molar-refractivity contribution in [3.05, 3.63) is 35.6 Å². The van der Waals surface area contributed by atoms with Crippen LogP contribution in [0.2, 0.25) is 0 Å². The van der Waals surface area contributed by atoms with E-state index >= 15 is 0 Å². The molecule has 0 spiro atoms. The third-order valence-corrected chi connectivity index (χ3v) is 5.92. The van der Waals surface area contributed by atoms with Crippen molar-refractivity contribution < 1.29 is 9.18 Å². The standard InChI is InChI=1S/C21H32FN3O/c1-16(18-3-2-10-23-14-18)13-21(26)24-20-8-11-25(12-9-20)15-17-4-6-19(22)7-5-17/h4-7,16,18,20,23H,2-3,8-15H2,1H3,(H,24,26). The lowest BCUT2D eigenvalue weighted by Gasteiger charge is -2.33. The van der Waals surface area contributed by atoms with Crippen LogP contribution in [0, 0.1) is 17.7 Å². The summed E-state index contributed by atoms with van der Waals surface area (Å²) < 4.78 is 13.0. The van der Waals surface area contributed by atoms with Crippen LogP contribution in [0.15, 0.2) is 24.3 Å². The molecule has 2 fully saturated rings. The molecule has 0 aromatic heterocycles. The predicted molar refractivity (Wildman–Crippen MR) is 102 cm³/mol. The Morgan fingerprint density at radius 2 is 2.00 bits per heavy atom. The Morgan fingerprint density at radius 1 is 1.27 bits per heavy atom. The number of nitrogens with one attached hydrogen (secondary N) is 2. The van der Waals surface area contributed by atoms with E-state index in [-0.39, 0.29) is 11.7 Å². The molecule has 1 aromatic carbocycles. The summed E-state index contributed by atoms with van der Waals surface area (Å²) in [6.07, 6.45) is 5.09. The molecule has 4 nitrogen and oxygen atoms in total. The Bertz CT molecular complexity index is 563. The number of carbonyl (C=O) groups is 1. The molecular weight excluding hydrogens is 329 g/mol. The normalized spacial score (nSPS) is 23.5. The first-order valence-electron chi connectivity index (χ1n) is 10.1. The van der Waals surface area contributed by atoms with E-state index in [9.17, 15) is 9.18 Å². The van der Waals surface area contributed by atoms with Crippen molar-refractivity contribution in [2.24, 2.45) is 11.8 Å². The highest BCUT2D eigenvalue weighted by molar-refractivity contribution is 5.76. The van der Waals surface area contributed by atoms with Gasteiger partial charge in [-0.15, -0.1) is 0 Å². The van der Waals surface area contributed by atoms with Crippen molar-refractivity contribution >= 4 is 5.91 Å². The largest absolute Gasteiger partial charge is 0.353 e. The minimum Gasteiger partial charge on any atom is -0.353 e. The molecule has 26 heavy (non-hydrogen) atoms. The highest BCUT2D eigenvalue weighted by atomic mass is 19.1. The molecular formula is C21H32FN3O. The average Bonchev–Trinajstić information content (AvgIpc) is 2.66. The molecule has 0 aliphatic carbocycles. The maximum atomic E-state index is 13.0. The summed E-state index contributed by atoms with van der Waals surface area (Å²) in [6, 6.07) is 7.04. The Kier molecular flexibility index (Phi) is 7.03. The number of halogens is 1. The van der Waals surface area contributed by atoms with Crippen LogP contribution in [-0.2, 0) is 11.3 Å². The van der Waals surface area contributed by atoms with Crippen LogP contribution in [0.3, 0.4) is 0 Å². The van der Waals surface area contributed by atoms with E-state index in [2.05, 4.69) is 22.5 Å². The van der Waals surface area contributed by atoms with Crippen molar-refractivity contribution in [1.29, 1.82) is 0 Å². The van der Waals surface area contributed by atoms with Crippen LogP contribution in [0.1, 0.15) is 44.6 Å². The van der Waals surface area contributed by atoms with Gasteiger partial charge in [0.05, 0.1) is 0 Å². The maximum Gasteiger partial charge on any atom is 0.220 e. The number of hydrogen-bond donors (Lipinski definition) is 2. The van der Waals surface area contributed by atoms with Crippen molar-refractivity contribution in [3.63, 3.8) is 0 Å². The van der Waals surface area contributed by atoms with Crippen LogP contribution in [0.25, 0.3) is 0 Å². The molecule has 1 amide bonds. The molecule has 2 heterocycles. The summed E-state index contributed by atoms with van der Waals surface area (Å²) in [5.74, 6) is 1.10. The number of piperidine rings is 2. The highest BCUT2D eigenvalue weighted by Crippen LogP contribution is 2.23. The zero-order chi connectivity index (χ0) is 18.4. The first kappa shape index (κ1) is 19.3. The van der Waals surface area contributed by atoms with Gasteiger partial charge in [0.2, 0.25) is 5.91 Å². The van der Waals surface area contributed by atoms with Gasteiger partial charge in [-0.3, -0.25) is 9.69 Å². The van der Waals surface area contributed by atoms with Gasteiger partial charge in [0, 0.05) is 32.1 Å². The lowest BCUT2D eigenvalue weighted by Crippen LogP contribution is -2.45. The lowest BCUT2D eigenvalue weighted by atomic mass is 9.85. The molecule has 0 bridgehead atoms. The number of hydrogen-bond acceptors (Lipinski definition) is 3. The molecule has 1 aromatic rings. The number of carbonyl (C=O) groups excluding carboxylic acids is 1. The molecule has 144 valence electrons. The van der Waals surface area contributed by atoms with E-state index < -0.39 is 0 Å². The first-order chi connectivity index (χ1) is 12.6. The van der Waals surface area contributed by atoms with Gasteiger partial charge < -0.3 is 10.6 Å². The number of amides is 1. The quantitative estimate of drug-likeness (QED) is 0.819. The molecule has 2 unspecified atom stereocenters. The van der Waals surface area contributed by atoms with E-state index in [0.29, 0.717) is 24.3 Å². The van der Waals surface area contributed by atoms with E-state index in [1.165, 1.54) is 25.0 Å².